The second-order valence-electron chi connectivity index (χ2n) is 10.3. The predicted octanol–water partition coefficient (Wildman–Crippen LogP) is 3.76. The van der Waals surface area contributed by atoms with Gasteiger partial charge in [-0.3, -0.25) is 9.36 Å². The number of pyridine rings is 1. The molecule has 10 heteroatoms. The van der Waals surface area contributed by atoms with Gasteiger partial charge in [-0.25, -0.2) is 4.79 Å². The molecular weight excluding hydrogens is 550 g/mol. The van der Waals surface area contributed by atoms with Gasteiger partial charge >= 0.3 is 5.69 Å². The molecule has 3 heterocycles. The Labute approximate surface area is 247 Å². The van der Waals surface area contributed by atoms with Crippen molar-refractivity contribution in [1.82, 2.24) is 14.5 Å². The number of hydrogen-bond donors (Lipinski definition) is 2. The first-order chi connectivity index (χ1) is 20.9. The molecule has 43 heavy (non-hydrogen) atoms. The molecule has 10 nitrogen and oxygen atoms in total. The summed E-state index contributed by atoms with van der Waals surface area (Å²) in [7, 11) is 3.23. The molecule has 2 aromatic heterocycles. The van der Waals surface area contributed by atoms with Gasteiger partial charge in [0.05, 0.1) is 26.9 Å². The Morgan fingerprint density at radius 2 is 1.49 bits per heavy atom. The van der Waals surface area contributed by atoms with Crippen molar-refractivity contribution in [1.29, 1.82) is 0 Å². The van der Waals surface area contributed by atoms with Gasteiger partial charge in [0, 0.05) is 24.1 Å². The van der Waals surface area contributed by atoms with Crippen molar-refractivity contribution >= 4 is 11.0 Å². The second-order valence-corrected chi connectivity index (χ2v) is 10.3. The zero-order chi connectivity index (χ0) is 30.0. The minimum atomic E-state index is -1.09. The Morgan fingerprint density at radius 1 is 0.884 bits per heavy atom. The highest BCUT2D eigenvalue weighted by Gasteiger charge is 2.42. The van der Waals surface area contributed by atoms with E-state index in [-0.39, 0.29) is 24.2 Å². The van der Waals surface area contributed by atoms with Gasteiger partial charge in [-0.1, -0.05) is 54.6 Å². The van der Waals surface area contributed by atoms with Gasteiger partial charge in [0.25, 0.3) is 0 Å². The van der Waals surface area contributed by atoms with Gasteiger partial charge < -0.3 is 29.0 Å². The third kappa shape index (κ3) is 5.43. The van der Waals surface area contributed by atoms with Gasteiger partial charge in [0.1, 0.15) is 35.1 Å². The van der Waals surface area contributed by atoms with Crippen LogP contribution in [0.2, 0.25) is 0 Å². The molecule has 0 unspecified atom stereocenters. The van der Waals surface area contributed by atoms with Crippen LogP contribution in [0.5, 0.6) is 11.5 Å². The third-order valence-corrected chi connectivity index (χ3v) is 7.79. The molecule has 0 bridgehead atoms. The highest BCUT2D eigenvalue weighted by molar-refractivity contribution is 5.72. The molecule has 0 radical (unpaired) electrons. The van der Waals surface area contributed by atoms with Crippen LogP contribution in [0.25, 0.3) is 11.0 Å². The van der Waals surface area contributed by atoms with Crippen molar-refractivity contribution in [3.8, 4) is 11.5 Å². The van der Waals surface area contributed by atoms with Crippen LogP contribution in [0.4, 0.5) is 0 Å². The molecule has 1 aliphatic rings. The normalized spacial score (nSPS) is 18.5. The number of aliphatic hydroxyl groups excluding tert-OH is 1. The number of aromatic nitrogens is 3. The second kappa shape index (κ2) is 11.8. The van der Waals surface area contributed by atoms with E-state index < -0.39 is 29.7 Å². The number of hydrogen-bond acceptors (Lipinski definition) is 8. The molecule has 3 atom stereocenters. The number of rotatable bonds is 9. The third-order valence-electron chi connectivity index (χ3n) is 7.79. The summed E-state index contributed by atoms with van der Waals surface area (Å²) < 4.78 is 25.3. The first kappa shape index (κ1) is 28.4. The Balaban J connectivity index is 1.36. The molecule has 6 rings (SSSR count). The van der Waals surface area contributed by atoms with E-state index in [1.807, 2.05) is 78.9 Å². The summed E-state index contributed by atoms with van der Waals surface area (Å²) in [5, 5.41) is 11.7. The summed E-state index contributed by atoms with van der Waals surface area (Å²) in [6.45, 7) is 0.00764. The van der Waals surface area contributed by atoms with E-state index in [4.69, 9.17) is 18.9 Å². The molecule has 220 valence electrons. The lowest BCUT2D eigenvalue weighted by Crippen LogP contribution is -2.38. The van der Waals surface area contributed by atoms with Crippen LogP contribution in [0.15, 0.2) is 107 Å². The van der Waals surface area contributed by atoms with E-state index in [1.165, 1.54) is 10.6 Å². The van der Waals surface area contributed by atoms with E-state index >= 15 is 0 Å². The largest absolute Gasteiger partial charge is 0.497 e. The van der Waals surface area contributed by atoms with Crippen molar-refractivity contribution in [3.63, 3.8) is 0 Å². The summed E-state index contributed by atoms with van der Waals surface area (Å²) in [5.74, 6) is 1.41. The number of ether oxygens (including phenoxy) is 4. The molecule has 3 aromatic carbocycles. The maximum Gasteiger partial charge on any atom is 0.351 e. The van der Waals surface area contributed by atoms with Crippen LogP contribution in [0.1, 0.15) is 29.3 Å². The SMILES string of the molecule is COc1ccc(C(OC[C@H]2O[C@@H](n3cc4ccc(=O)[nH]c4nc3=O)C[C@@H]2O)(c2ccccc2)c2ccc(OC)cc2)cc1. The lowest BCUT2D eigenvalue weighted by atomic mass is 9.80. The summed E-state index contributed by atoms with van der Waals surface area (Å²) >= 11 is 0. The molecule has 0 spiro atoms. The summed E-state index contributed by atoms with van der Waals surface area (Å²) in [6, 6.07) is 28.1. The molecule has 1 aliphatic heterocycles. The van der Waals surface area contributed by atoms with Crippen molar-refractivity contribution in [2.45, 2.75) is 30.5 Å². The van der Waals surface area contributed by atoms with Crippen molar-refractivity contribution in [3.05, 3.63) is 135 Å². The van der Waals surface area contributed by atoms with E-state index in [2.05, 4.69) is 9.97 Å². The highest BCUT2D eigenvalue weighted by atomic mass is 16.6. The Bertz CT molecular complexity index is 1770. The fraction of sp³-hybridized carbons (Fsp3) is 0.242. The van der Waals surface area contributed by atoms with Crippen molar-refractivity contribution < 1.29 is 24.1 Å². The van der Waals surface area contributed by atoms with Gasteiger partial charge in [0.15, 0.2) is 0 Å². The zero-order valence-electron chi connectivity index (χ0n) is 23.7. The minimum absolute atomic E-state index is 0.00764. The minimum Gasteiger partial charge on any atom is -0.497 e. The number of benzene rings is 3. The van der Waals surface area contributed by atoms with Crippen LogP contribution in [-0.2, 0) is 15.1 Å². The maximum atomic E-state index is 12.8. The first-order valence-electron chi connectivity index (χ1n) is 13.9. The lowest BCUT2D eigenvalue weighted by Gasteiger charge is -2.37. The molecule has 5 aromatic rings. The Morgan fingerprint density at radius 3 is 2.09 bits per heavy atom. The quantitative estimate of drug-likeness (QED) is 0.252. The van der Waals surface area contributed by atoms with Crippen LogP contribution < -0.4 is 20.7 Å². The van der Waals surface area contributed by atoms with Crippen LogP contribution in [0, 0.1) is 0 Å². The number of nitrogens with zero attached hydrogens (tertiary/aromatic N) is 2. The summed E-state index contributed by atoms with van der Waals surface area (Å²) in [4.78, 5) is 31.1. The van der Waals surface area contributed by atoms with Gasteiger partial charge in [-0.15, -0.1) is 0 Å². The number of nitrogens with one attached hydrogen (secondary N) is 1. The molecule has 2 N–H and O–H groups in total. The number of H-pyrrole nitrogens is 1. The van der Waals surface area contributed by atoms with E-state index in [0.29, 0.717) is 16.9 Å². The molecule has 0 amide bonds. The average Bonchev–Trinajstić information content (AvgIpc) is 3.41. The van der Waals surface area contributed by atoms with Gasteiger partial charge in [-0.05, 0) is 47.0 Å². The fourth-order valence-corrected chi connectivity index (χ4v) is 5.55. The average molecular weight is 582 g/mol. The highest BCUT2D eigenvalue weighted by Crippen LogP contribution is 2.42. The zero-order valence-corrected chi connectivity index (χ0v) is 23.7. The fourth-order valence-electron chi connectivity index (χ4n) is 5.55. The Hall–Kier alpha value is -4.77. The van der Waals surface area contributed by atoms with Crippen LogP contribution >= 0.6 is 0 Å². The Kier molecular flexibility index (Phi) is 7.81. The van der Waals surface area contributed by atoms with E-state index in [1.54, 1.807) is 26.5 Å². The molecule has 0 aliphatic carbocycles. The van der Waals surface area contributed by atoms with Crippen molar-refractivity contribution in [2.24, 2.45) is 0 Å². The first-order valence-corrected chi connectivity index (χ1v) is 13.9. The van der Waals surface area contributed by atoms with Gasteiger partial charge in [-0.2, -0.15) is 4.98 Å². The molecule has 1 fully saturated rings. The van der Waals surface area contributed by atoms with Gasteiger partial charge in [0.2, 0.25) is 5.56 Å². The van der Waals surface area contributed by atoms with Crippen LogP contribution in [-0.4, -0.2) is 52.7 Å². The maximum absolute atomic E-state index is 12.8. The number of aromatic amines is 1. The molecule has 0 saturated carbocycles. The lowest BCUT2D eigenvalue weighted by molar-refractivity contribution is -0.0943. The standard InChI is InChI=1S/C33H31N3O7/c1-40-25-13-9-23(10-14-25)33(22-6-4-3-5-7-22,24-11-15-26(41-2)16-12-24)42-20-28-27(37)18-30(43-28)36-19-21-8-17-29(38)34-31(21)35-32(36)39/h3-17,19,27-28,30,37H,18,20H2,1-2H3,(H,34,35,38,39)/t27-,28+,30+/m0/s1. The molecular formula is C33H31N3O7. The van der Waals surface area contributed by atoms with E-state index in [9.17, 15) is 14.7 Å². The summed E-state index contributed by atoms with van der Waals surface area (Å²) in [5.41, 5.74) is 0.724. The van der Waals surface area contributed by atoms with E-state index in [0.717, 1.165) is 16.7 Å². The predicted molar refractivity (Wildman–Crippen MR) is 159 cm³/mol. The van der Waals surface area contributed by atoms with Crippen LogP contribution in [0.3, 0.4) is 0 Å². The number of aliphatic hydroxyl groups is 1. The topological polar surface area (TPSA) is 125 Å². The smallest absolute Gasteiger partial charge is 0.351 e. The van der Waals surface area contributed by atoms with Crippen molar-refractivity contribution in [2.75, 3.05) is 20.8 Å². The number of methoxy groups -OCH3 is 2. The molecule has 1 saturated heterocycles. The monoisotopic (exact) mass is 581 g/mol. The number of fused-ring (bicyclic) bond motifs is 1. The summed E-state index contributed by atoms with van der Waals surface area (Å²) in [6.07, 6.45) is -0.697.